The maximum absolute atomic E-state index is 13.7. The summed E-state index contributed by atoms with van der Waals surface area (Å²) in [5.74, 6) is 0.370. The summed E-state index contributed by atoms with van der Waals surface area (Å²) in [6.45, 7) is 3.75. The molecule has 4 heterocycles. The molecule has 3 fully saturated rings. The van der Waals surface area contributed by atoms with Crippen molar-refractivity contribution in [1.82, 2.24) is 9.80 Å². The van der Waals surface area contributed by atoms with Crippen LogP contribution in [0, 0.1) is 5.82 Å². The van der Waals surface area contributed by atoms with Crippen molar-refractivity contribution in [2.24, 2.45) is 0 Å². The molecule has 33 heavy (non-hydrogen) atoms. The first kappa shape index (κ1) is 21.2. The van der Waals surface area contributed by atoms with E-state index < -0.39 is 11.8 Å². The lowest BCUT2D eigenvalue weighted by Gasteiger charge is -2.30. The molecule has 0 radical (unpaired) electrons. The van der Waals surface area contributed by atoms with Gasteiger partial charge in [0.05, 0.1) is 5.69 Å². The summed E-state index contributed by atoms with van der Waals surface area (Å²) < 4.78 is 19.6. The number of rotatable bonds is 4. The van der Waals surface area contributed by atoms with Crippen molar-refractivity contribution < 1.29 is 18.4 Å². The van der Waals surface area contributed by atoms with Gasteiger partial charge in [-0.2, -0.15) is 0 Å². The number of hydrogen-bond donors (Lipinski definition) is 2. The van der Waals surface area contributed by atoms with Crippen LogP contribution in [0.15, 0.2) is 65.1 Å². The molecule has 0 saturated carbocycles. The molecule has 0 unspecified atom stereocenters. The van der Waals surface area contributed by atoms with Gasteiger partial charge in [-0.3, -0.25) is 4.79 Å². The highest BCUT2D eigenvalue weighted by molar-refractivity contribution is 6.00. The van der Waals surface area contributed by atoms with Crippen molar-refractivity contribution in [3.05, 3.63) is 72.2 Å². The fourth-order valence-corrected chi connectivity index (χ4v) is 4.47. The predicted molar refractivity (Wildman–Crippen MR) is 124 cm³/mol. The number of piperidine rings is 1. The molecular weight excluding hydrogens is 423 g/mol. The van der Waals surface area contributed by atoms with Gasteiger partial charge >= 0.3 is 6.03 Å². The van der Waals surface area contributed by atoms with Gasteiger partial charge in [-0.15, -0.1) is 0 Å². The van der Waals surface area contributed by atoms with E-state index in [-0.39, 0.29) is 17.6 Å². The van der Waals surface area contributed by atoms with Crippen LogP contribution in [0.4, 0.5) is 20.6 Å². The Balaban J connectivity index is 1.23. The smallest absolute Gasteiger partial charge is 0.323 e. The van der Waals surface area contributed by atoms with Crippen LogP contribution in [0.1, 0.15) is 23.4 Å². The molecule has 8 heteroatoms. The number of furan rings is 1. The van der Waals surface area contributed by atoms with E-state index in [4.69, 9.17) is 4.42 Å². The quantitative estimate of drug-likeness (QED) is 0.609. The van der Waals surface area contributed by atoms with Crippen molar-refractivity contribution >= 4 is 23.3 Å². The van der Waals surface area contributed by atoms with E-state index in [9.17, 15) is 14.0 Å². The van der Waals surface area contributed by atoms with Crippen LogP contribution in [-0.4, -0.2) is 54.0 Å². The average Bonchev–Trinajstić information content (AvgIpc) is 3.13. The molecule has 3 aliphatic rings. The van der Waals surface area contributed by atoms with Gasteiger partial charge < -0.3 is 24.9 Å². The number of fused-ring (bicyclic) bond motifs is 4. The minimum Gasteiger partial charge on any atom is -0.451 e. The third-order valence-corrected chi connectivity index (χ3v) is 6.28. The molecule has 2 bridgehead atoms. The van der Waals surface area contributed by atoms with E-state index >= 15 is 0 Å². The Morgan fingerprint density at radius 2 is 1.64 bits per heavy atom. The van der Waals surface area contributed by atoms with Crippen LogP contribution in [0.3, 0.4) is 0 Å². The Morgan fingerprint density at radius 1 is 0.879 bits per heavy atom. The summed E-state index contributed by atoms with van der Waals surface area (Å²) in [6.07, 6.45) is 2.02. The molecule has 3 aromatic rings. The lowest BCUT2D eigenvalue weighted by atomic mass is 10.1. The second kappa shape index (κ2) is 9.07. The van der Waals surface area contributed by atoms with Gasteiger partial charge in [-0.05, 0) is 61.4 Å². The number of carbonyl (C=O) groups excluding carboxylic acids is 2. The molecule has 1 aromatic heterocycles. The van der Waals surface area contributed by atoms with Crippen LogP contribution < -0.4 is 10.6 Å². The maximum atomic E-state index is 13.7. The molecule has 3 amide bonds. The Labute approximate surface area is 191 Å². The highest BCUT2D eigenvalue weighted by Gasteiger charge is 2.33. The molecule has 170 valence electrons. The largest absolute Gasteiger partial charge is 0.451 e. The lowest BCUT2D eigenvalue weighted by molar-refractivity contribution is 0.0653. The molecule has 2 N–H and O–H groups in total. The lowest BCUT2D eigenvalue weighted by Crippen LogP contribution is -2.41. The third kappa shape index (κ3) is 4.61. The molecule has 6 rings (SSSR count). The summed E-state index contributed by atoms with van der Waals surface area (Å²) in [7, 11) is 0. The number of nitrogens with one attached hydrogen (secondary N) is 2. The van der Waals surface area contributed by atoms with Gasteiger partial charge in [-0.1, -0.05) is 12.1 Å². The Kier molecular flexibility index (Phi) is 5.83. The van der Waals surface area contributed by atoms with Gasteiger partial charge in [-0.25, -0.2) is 9.18 Å². The van der Waals surface area contributed by atoms with Gasteiger partial charge in [0, 0.05) is 43.5 Å². The second-order valence-electron chi connectivity index (χ2n) is 8.37. The van der Waals surface area contributed by atoms with Crippen LogP contribution in [0.2, 0.25) is 0 Å². The molecule has 3 saturated heterocycles. The highest BCUT2D eigenvalue weighted by atomic mass is 19.1. The van der Waals surface area contributed by atoms with Crippen molar-refractivity contribution in [3.8, 4) is 11.3 Å². The van der Waals surface area contributed by atoms with E-state index in [0.29, 0.717) is 17.2 Å². The van der Waals surface area contributed by atoms with Gasteiger partial charge in [0.15, 0.2) is 5.76 Å². The highest BCUT2D eigenvalue weighted by Crippen LogP contribution is 2.27. The van der Waals surface area contributed by atoms with Crippen molar-refractivity contribution in [2.45, 2.75) is 18.9 Å². The van der Waals surface area contributed by atoms with E-state index in [1.165, 1.54) is 12.1 Å². The fraction of sp³-hybridized carbons (Fsp3) is 0.280. The predicted octanol–water partition coefficient (Wildman–Crippen LogP) is 4.65. The topological polar surface area (TPSA) is 77.8 Å². The van der Waals surface area contributed by atoms with Crippen molar-refractivity contribution in [1.29, 1.82) is 0 Å². The minimum atomic E-state index is -0.540. The zero-order valence-electron chi connectivity index (χ0n) is 18.1. The van der Waals surface area contributed by atoms with Crippen LogP contribution in [-0.2, 0) is 0 Å². The van der Waals surface area contributed by atoms with E-state index in [1.807, 2.05) is 4.90 Å². The molecular formula is C25H25FN4O3. The van der Waals surface area contributed by atoms with E-state index in [1.54, 1.807) is 48.5 Å². The number of urea groups is 1. The summed E-state index contributed by atoms with van der Waals surface area (Å²) in [5, 5.41) is 5.15. The first-order valence-corrected chi connectivity index (χ1v) is 11.1. The van der Waals surface area contributed by atoms with Gasteiger partial charge in [0.1, 0.15) is 11.6 Å². The number of benzene rings is 2. The molecule has 0 aliphatic carbocycles. The Bertz CT molecular complexity index is 1150. The second-order valence-corrected chi connectivity index (χ2v) is 8.37. The van der Waals surface area contributed by atoms with Crippen molar-refractivity contribution in [2.75, 3.05) is 36.8 Å². The molecule has 2 aromatic carbocycles. The number of halogens is 1. The number of carbonyl (C=O) groups is 2. The summed E-state index contributed by atoms with van der Waals surface area (Å²) in [4.78, 5) is 29.6. The Morgan fingerprint density at radius 3 is 2.39 bits per heavy atom. The molecule has 0 atom stereocenters. The zero-order chi connectivity index (χ0) is 22.8. The summed E-state index contributed by atoms with van der Waals surface area (Å²) in [6, 6.07) is 16.3. The standard InChI is InChI=1S/C25H25FN4O3/c26-20-3-1-2-4-21(20)28-25(32)27-18-7-5-17(6-8-18)22-9-10-23(33-22)24(31)30-16-15-29-13-11-19(30)12-14-29/h1-10,19H,11-16H2,(H2,27,28,32). The van der Waals surface area contributed by atoms with Gasteiger partial charge in [0.2, 0.25) is 0 Å². The number of nitrogens with zero attached hydrogens (tertiary/aromatic N) is 2. The maximum Gasteiger partial charge on any atom is 0.323 e. The average molecular weight is 448 g/mol. The first-order valence-electron chi connectivity index (χ1n) is 11.1. The number of anilines is 2. The monoisotopic (exact) mass is 448 g/mol. The molecule has 3 aliphatic heterocycles. The Hall–Kier alpha value is -3.65. The third-order valence-electron chi connectivity index (χ3n) is 6.28. The summed E-state index contributed by atoms with van der Waals surface area (Å²) >= 11 is 0. The number of hydrogen-bond acceptors (Lipinski definition) is 4. The summed E-state index contributed by atoms with van der Waals surface area (Å²) in [5.41, 5.74) is 1.44. The van der Waals surface area contributed by atoms with Gasteiger partial charge in [0.25, 0.3) is 5.91 Å². The van der Waals surface area contributed by atoms with Crippen LogP contribution in [0.5, 0.6) is 0 Å². The molecule has 0 spiro atoms. The molecule has 7 nitrogen and oxygen atoms in total. The fourth-order valence-electron chi connectivity index (χ4n) is 4.47. The number of para-hydroxylation sites is 1. The van der Waals surface area contributed by atoms with Crippen LogP contribution >= 0.6 is 0 Å². The zero-order valence-corrected chi connectivity index (χ0v) is 18.1. The van der Waals surface area contributed by atoms with E-state index in [0.717, 1.165) is 44.6 Å². The first-order chi connectivity index (χ1) is 16.1. The van der Waals surface area contributed by atoms with E-state index in [2.05, 4.69) is 15.5 Å². The SMILES string of the molecule is O=C(Nc1ccc(-c2ccc(C(=O)N3CCN4CCC3CC4)o2)cc1)Nc1ccccc1F. The van der Waals surface area contributed by atoms with Crippen LogP contribution in [0.25, 0.3) is 11.3 Å². The minimum absolute atomic E-state index is 0.0573. The van der Waals surface area contributed by atoms with Crippen molar-refractivity contribution in [3.63, 3.8) is 0 Å². The normalized spacial score (nSPS) is 19.7. The number of amides is 3.